The Morgan fingerprint density at radius 2 is 2.09 bits per heavy atom. The molecule has 0 atom stereocenters. The van der Waals surface area contributed by atoms with Gasteiger partial charge in [-0.1, -0.05) is 23.7 Å². The summed E-state index contributed by atoms with van der Waals surface area (Å²) in [6, 6.07) is 8.30. The van der Waals surface area contributed by atoms with Gasteiger partial charge in [-0.25, -0.2) is 4.79 Å². The van der Waals surface area contributed by atoms with Crippen molar-refractivity contribution in [3.8, 4) is 0 Å². The predicted molar refractivity (Wildman–Crippen MR) is 96.1 cm³/mol. The molecule has 6 heteroatoms. The van der Waals surface area contributed by atoms with Crippen LogP contribution in [0, 0.1) is 0 Å². The third-order valence-corrected chi connectivity index (χ3v) is 5.24. The Balaban J connectivity index is 0.00000192. The first kappa shape index (κ1) is 18.1. The second kappa shape index (κ2) is 7.56. The number of nitrogens with two attached hydrogens (primary N) is 1. The van der Waals surface area contributed by atoms with E-state index in [1.807, 2.05) is 35.4 Å². The van der Waals surface area contributed by atoms with E-state index in [1.54, 1.807) is 0 Å². The summed E-state index contributed by atoms with van der Waals surface area (Å²) in [5.74, 6) is 0. The minimum Gasteiger partial charge on any atom is -0.334 e. The lowest BCUT2D eigenvalue weighted by atomic mass is 9.68. The van der Waals surface area contributed by atoms with Crippen LogP contribution in [0.25, 0.3) is 0 Å². The number of amides is 2. The van der Waals surface area contributed by atoms with Crippen LogP contribution in [-0.2, 0) is 5.41 Å². The maximum absolute atomic E-state index is 12.0. The highest BCUT2D eigenvalue weighted by Crippen LogP contribution is 2.41. The number of hydrogen-bond donors (Lipinski definition) is 2. The summed E-state index contributed by atoms with van der Waals surface area (Å²) < 4.78 is 0. The summed E-state index contributed by atoms with van der Waals surface area (Å²) in [5, 5.41) is 3.62. The number of carbonyl (C=O) groups excluding carboxylic acids is 1. The topological polar surface area (TPSA) is 58.4 Å². The molecule has 0 spiro atoms. The molecule has 3 rings (SSSR count). The van der Waals surface area contributed by atoms with E-state index >= 15 is 0 Å². The number of rotatable bonds is 3. The van der Waals surface area contributed by atoms with Gasteiger partial charge >= 0.3 is 6.03 Å². The molecule has 2 amide bonds. The molecule has 1 fully saturated rings. The Kier molecular flexibility index (Phi) is 5.95. The first-order valence-corrected chi connectivity index (χ1v) is 8.21. The molecule has 0 unspecified atom stereocenters. The van der Waals surface area contributed by atoms with Gasteiger partial charge in [-0.05, 0) is 49.5 Å². The lowest BCUT2D eigenvalue weighted by molar-refractivity contribution is 0.161. The first-order valence-electron chi connectivity index (χ1n) is 7.84. The van der Waals surface area contributed by atoms with Crippen molar-refractivity contribution in [1.29, 1.82) is 0 Å². The van der Waals surface area contributed by atoms with Gasteiger partial charge in [0.25, 0.3) is 0 Å². The number of urea groups is 1. The van der Waals surface area contributed by atoms with E-state index in [0.717, 1.165) is 30.7 Å². The fraction of sp³-hybridized carbons (Fsp3) is 0.471. The zero-order valence-corrected chi connectivity index (χ0v) is 14.6. The van der Waals surface area contributed by atoms with Crippen molar-refractivity contribution in [2.24, 2.45) is 5.73 Å². The van der Waals surface area contributed by atoms with Gasteiger partial charge in [0.1, 0.15) is 0 Å². The van der Waals surface area contributed by atoms with E-state index in [-0.39, 0.29) is 29.9 Å². The monoisotopic (exact) mass is 355 g/mol. The van der Waals surface area contributed by atoms with Crippen LogP contribution >= 0.6 is 24.0 Å². The molecule has 0 radical (unpaired) electrons. The van der Waals surface area contributed by atoms with E-state index < -0.39 is 0 Å². The highest BCUT2D eigenvalue weighted by molar-refractivity contribution is 6.30. The van der Waals surface area contributed by atoms with E-state index in [2.05, 4.69) is 11.4 Å². The molecule has 0 aromatic heterocycles. The van der Waals surface area contributed by atoms with E-state index in [4.69, 9.17) is 17.3 Å². The van der Waals surface area contributed by atoms with Crippen molar-refractivity contribution < 1.29 is 4.79 Å². The molecule has 4 nitrogen and oxygen atoms in total. The third kappa shape index (κ3) is 3.65. The van der Waals surface area contributed by atoms with Crippen LogP contribution in [0.2, 0.25) is 5.02 Å². The third-order valence-electron chi connectivity index (χ3n) is 5.01. The molecule has 0 bridgehead atoms. The fourth-order valence-electron chi connectivity index (χ4n) is 3.62. The van der Waals surface area contributed by atoms with Gasteiger partial charge in [0.2, 0.25) is 0 Å². The Morgan fingerprint density at radius 3 is 2.70 bits per heavy atom. The summed E-state index contributed by atoms with van der Waals surface area (Å²) >= 11 is 6.14. The van der Waals surface area contributed by atoms with Gasteiger partial charge in [-0.3, -0.25) is 4.90 Å². The molecule has 1 heterocycles. The van der Waals surface area contributed by atoms with Gasteiger partial charge in [0.15, 0.2) is 0 Å². The normalized spacial score (nSPS) is 27.3. The second-order valence-corrected chi connectivity index (χ2v) is 6.64. The number of benzene rings is 1. The maximum atomic E-state index is 12.0. The maximum Gasteiger partial charge on any atom is 0.321 e. The number of nitrogens with zero attached hydrogens (tertiary/aromatic N) is 1. The summed E-state index contributed by atoms with van der Waals surface area (Å²) in [7, 11) is 0. The zero-order chi connectivity index (χ0) is 15.6. The molecule has 1 aliphatic heterocycles. The van der Waals surface area contributed by atoms with Crippen LogP contribution in [0.5, 0.6) is 0 Å². The molecule has 3 N–H and O–H groups in total. The fourth-order valence-corrected chi connectivity index (χ4v) is 3.81. The lowest BCUT2D eigenvalue weighted by Gasteiger charge is -2.43. The Hall–Kier alpha value is -1.23. The molecule has 1 saturated carbocycles. The van der Waals surface area contributed by atoms with Gasteiger partial charge in [0, 0.05) is 35.8 Å². The molecule has 2 aliphatic rings. The summed E-state index contributed by atoms with van der Waals surface area (Å²) in [4.78, 5) is 13.8. The molecule has 126 valence electrons. The van der Waals surface area contributed by atoms with Crippen molar-refractivity contribution in [2.75, 3.05) is 13.1 Å². The average Bonchev–Trinajstić information content (AvgIpc) is 2.55. The molecule has 0 saturated heterocycles. The van der Waals surface area contributed by atoms with Gasteiger partial charge in [0.05, 0.1) is 0 Å². The molecular weight excluding hydrogens is 333 g/mol. The molecule has 23 heavy (non-hydrogen) atoms. The molecule has 1 aromatic rings. The second-order valence-electron chi connectivity index (χ2n) is 6.20. The number of nitrogens with one attached hydrogen (secondary N) is 1. The predicted octanol–water partition coefficient (Wildman–Crippen LogP) is 3.44. The van der Waals surface area contributed by atoms with Crippen molar-refractivity contribution in [1.82, 2.24) is 10.2 Å². The number of hydrogen-bond acceptors (Lipinski definition) is 2. The molecular formula is C17H23Cl2N3O. The van der Waals surface area contributed by atoms with Gasteiger partial charge < -0.3 is 11.1 Å². The van der Waals surface area contributed by atoms with Crippen molar-refractivity contribution >= 4 is 30.0 Å². The van der Waals surface area contributed by atoms with Crippen LogP contribution in [0.1, 0.15) is 31.2 Å². The zero-order valence-electron chi connectivity index (χ0n) is 13.0. The highest BCUT2D eigenvalue weighted by atomic mass is 35.5. The van der Waals surface area contributed by atoms with E-state index in [1.165, 1.54) is 5.56 Å². The van der Waals surface area contributed by atoms with Crippen molar-refractivity contribution in [3.05, 3.63) is 47.1 Å². The lowest BCUT2D eigenvalue weighted by Crippen LogP contribution is -2.49. The first-order chi connectivity index (χ1) is 10.6. The van der Waals surface area contributed by atoms with Gasteiger partial charge in [-0.15, -0.1) is 12.4 Å². The highest BCUT2D eigenvalue weighted by Gasteiger charge is 2.38. The molecule has 1 aromatic carbocycles. The quantitative estimate of drug-likeness (QED) is 0.872. The summed E-state index contributed by atoms with van der Waals surface area (Å²) in [5.41, 5.74) is 7.33. The smallest absolute Gasteiger partial charge is 0.321 e. The summed E-state index contributed by atoms with van der Waals surface area (Å²) in [6.45, 7) is 1.24. The van der Waals surface area contributed by atoms with Crippen LogP contribution in [0.15, 0.2) is 36.5 Å². The minimum absolute atomic E-state index is 0. The van der Waals surface area contributed by atoms with Gasteiger partial charge in [-0.2, -0.15) is 0 Å². The standard InChI is InChI=1S/C17H22ClN3O.ClH/c18-14-4-1-3-13(11-14)17(12-19)7-5-15(6-8-17)21-10-2-9-20-16(21)22;/h1-4,10-11,15H,5-9,12,19H2,(H,20,22);1H. The van der Waals surface area contributed by atoms with E-state index in [0.29, 0.717) is 13.1 Å². The van der Waals surface area contributed by atoms with E-state index in [9.17, 15) is 4.79 Å². The Labute approximate surface area is 148 Å². The summed E-state index contributed by atoms with van der Waals surface area (Å²) in [6.07, 6.45) is 7.78. The SMILES string of the molecule is Cl.NCC1(c2cccc(Cl)c2)CCC(N2C=CCNC2=O)CC1. The minimum atomic E-state index is -0.0165. The van der Waals surface area contributed by atoms with Crippen molar-refractivity contribution in [2.45, 2.75) is 37.1 Å². The Bertz CT molecular complexity index is 583. The number of carbonyl (C=O) groups is 1. The molecule has 1 aliphatic carbocycles. The van der Waals surface area contributed by atoms with Crippen LogP contribution in [0.4, 0.5) is 4.79 Å². The van der Waals surface area contributed by atoms with Crippen molar-refractivity contribution in [3.63, 3.8) is 0 Å². The number of halogens is 2. The Morgan fingerprint density at radius 1 is 1.35 bits per heavy atom. The van der Waals surface area contributed by atoms with Crippen LogP contribution < -0.4 is 11.1 Å². The van der Waals surface area contributed by atoms with Crippen LogP contribution in [0.3, 0.4) is 0 Å². The average molecular weight is 356 g/mol. The largest absolute Gasteiger partial charge is 0.334 e. The van der Waals surface area contributed by atoms with Crippen LogP contribution in [-0.4, -0.2) is 30.1 Å².